The van der Waals surface area contributed by atoms with Gasteiger partial charge in [-0.15, -0.1) is 0 Å². The number of hydrogen-bond donors (Lipinski definition) is 0. The second-order valence-corrected chi connectivity index (χ2v) is 6.73. The second-order valence-electron chi connectivity index (χ2n) is 6.73. The van der Waals surface area contributed by atoms with E-state index >= 15 is 0 Å². The number of furan rings is 1. The molecule has 0 fully saturated rings. The fourth-order valence-electron chi connectivity index (χ4n) is 3.14. The van der Waals surface area contributed by atoms with E-state index in [0.717, 1.165) is 28.8 Å². The molecule has 3 rings (SSSR count). The zero-order chi connectivity index (χ0) is 18.7. The first kappa shape index (κ1) is 18.1. The van der Waals surface area contributed by atoms with Gasteiger partial charge in [0.1, 0.15) is 11.5 Å². The van der Waals surface area contributed by atoms with Gasteiger partial charge in [-0.05, 0) is 55.7 Å². The van der Waals surface area contributed by atoms with Crippen molar-refractivity contribution in [2.45, 2.75) is 33.7 Å². The van der Waals surface area contributed by atoms with Crippen molar-refractivity contribution >= 4 is 16.9 Å². The maximum absolute atomic E-state index is 11.8. The first-order valence-corrected chi connectivity index (χ1v) is 8.93. The van der Waals surface area contributed by atoms with Crippen molar-refractivity contribution in [3.05, 3.63) is 53.6 Å². The first-order chi connectivity index (χ1) is 12.5. The smallest absolute Gasteiger partial charge is 0.374 e. The Kier molecular flexibility index (Phi) is 5.35. The van der Waals surface area contributed by atoms with Crippen LogP contribution in [0.4, 0.5) is 0 Å². The van der Waals surface area contributed by atoms with Crippen molar-refractivity contribution in [2.75, 3.05) is 13.7 Å². The van der Waals surface area contributed by atoms with Crippen LogP contribution in [0.5, 0.6) is 5.75 Å². The van der Waals surface area contributed by atoms with E-state index in [4.69, 9.17) is 13.9 Å². The van der Waals surface area contributed by atoms with Crippen LogP contribution in [-0.4, -0.2) is 24.3 Å². The van der Waals surface area contributed by atoms with Crippen LogP contribution in [0.25, 0.3) is 10.9 Å². The average molecular weight is 355 g/mol. The van der Waals surface area contributed by atoms with Crippen molar-refractivity contribution in [3.63, 3.8) is 0 Å². The molecule has 0 saturated carbocycles. The number of carbonyl (C=O) groups is 1. The van der Waals surface area contributed by atoms with Crippen molar-refractivity contribution in [1.29, 1.82) is 0 Å². The minimum atomic E-state index is -0.428. The molecule has 26 heavy (non-hydrogen) atoms. The molecule has 0 aliphatic rings. The van der Waals surface area contributed by atoms with Crippen molar-refractivity contribution in [3.8, 4) is 5.75 Å². The third-order valence-electron chi connectivity index (χ3n) is 4.26. The van der Waals surface area contributed by atoms with Gasteiger partial charge in [0.15, 0.2) is 0 Å². The minimum absolute atomic E-state index is 0.241. The molecule has 0 aliphatic carbocycles. The number of esters is 1. The Labute approximate surface area is 153 Å². The third-order valence-corrected chi connectivity index (χ3v) is 4.26. The summed E-state index contributed by atoms with van der Waals surface area (Å²) in [6.07, 6.45) is 0.961. The standard InChI is InChI=1S/C21H25NO4/c1-5-25-21(23)20-9-7-18(26-20)13-22-16(10-14(2)3)11-15-12-17(24-4)6-8-19(15)22/h6-9,11-12,14H,5,10,13H2,1-4H3. The SMILES string of the molecule is CCOC(=O)c1ccc(Cn2c(CC(C)C)cc3cc(OC)ccc32)o1. The maximum atomic E-state index is 11.8. The number of rotatable bonds is 7. The number of carbonyl (C=O) groups excluding carboxylic acids is 1. The van der Waals surface area contributed by atoms with E-state index in [1.165, 1.54) is 5.69 Å². The van der Waals surface area contributed by atoms with Gasteiger partial charge in [0.2, 0.25) is 5.76 Å². The van der Waals surface area contributed by atoms with Crippen LogP contribution in [0.15, 0.2) is 40.8 Å². The summed E-state index contributed by atoms with van der Waals surface area (Å²) in [6.45, 7) is 7.08. The molecule has 0 spiro atoms. The number of nitrogens with zero attached hydrogens (tertiary/aromatic N) is 1. The summed E-state index contributed by atoms with van der Waals surface area (Å²) in [5, 5.41) is 1.14. The third kappa shape index (κ3) is 3.77. The Hall–Kier alpha value is -2.69. The lowest BCUT2D eigenvalue weighted by atomic mass is 10.1. The van der Waals surface area contributed by atoms with Crippen LogP contribution in [0.2, 0.25) is 0 Å². The molecule has 1 aromatic carbocycles. The van der Waals surface area contributed by atoms with Gasteiger partial charge in [0, 0.05) is 16.6 Å². The molecular weight excluding hydrogens is 330 g/mol. The van der Waals surface area contributed by atoms with Crippen LogP contribution in [0.1, 0.15) is 42.8 Å². The first-order valence-electron chi connectivity index (χ1n) is 8.93. The van der Waals surface area contributed by atoms with E-state index in [2.05, 4.69) is 30.5 Å². The van der Waals surface area contributed by atoms with Crippen LogP contribution in [0, 0.1) is 5.92 Å². The van der Waals surface area contributed by atoms with E-state index in [1.807, 2.05) is 18.2 Å². The lowest BCUT2D eigenvalue weighted by molar-refractivity contribution is 0.0488. The predicted octanol–water partition coefficient (Wildman–Crippen LogP) is 4.67. The van der Waals surface area contributed by atoms with E-state index in [1.54, 1.807) is 20.1 Å². The normalized spacial score (nSPS) is 11.3. The number of methoxy groups -OCH3 is 1. The molecule has 0 saturated heterocycles. The fourth-order valence-corrected chi connectivity index (χ4v) is 3.14. The van der Waals surface area contributed by atoms with E-state index < -0.39 is 5.97 Å². The largest absolute Gasteiger partial charge is 0.497 e. The lowest BCUT2D eigenvalue weighted by Crippen LogP contribution is -2.07. The zero-order valence-corrected chi connectivity index (χ0v) is 15.7. The summed E-state index contributed by atoms with van der Waals surface area (Å²) < 4.78 is 18.3. The summed E-state index contributed by atoms with van der Waals surface area (Å²) in [4.78, 5) is 11.8. The zero-order valence-electron chi connectivity index (χ0n) is 15.7. The van der Waals surface area contributed by atoms with Crippen molar-refractivity contribution in [2.24, 2.45) is 5.92 Å². The molecule has 0 atom stereocenters. The maximum Gasteiger partial charge on any atom is 0.374 e. The molecule has 138 valence electrons. The minimum Gasteiger partial charge on any atom is -0.497 e. The molecule has 2 heterocycles. The van der Waals surface area contributed by atoms with Gasteiger partial charge in [0.25, 0.3) is 0 Å². The van der Waals surface area contributed by atoms with Gasteiger partial charge in [-0.25, -0.2) is 4.79 Å². The van der Waals surface area contributed by atoms with E-state index in [9.17, 15) is 4.79 Å². The summed E-state index contributed by atoms with van der Waals surface area (Å²) in [6, 6.07) is 11.8. The Morgan fingerprint density at radius 2 is 2.00 bits per heavy atom. The molecule has 5 heteroatoms. The van der Waals surface area contributed by atoms with E-state index in [0.29, 0.717) is 19.1 Å². The van der Waals surface area contributed by atoms with Crippen LogP contribution in [-0.2, 0) is 17.7 Å². The van der Waals surface area contributed by atoms with Crippen LogP contribution >= 0.6 is 0 Å². The average Bonchev–Trinajstić information content (AvgIpc) is 3.20. The fraction of sp³-hybridized carbons (Fsp3) is 0.381. The molecular formula is C21H25NO4. The van der Waals surface area contributed by atoms with Gasteiger partial charge in [-0.3, -0.25) is 0 Å². The molecule has 0 bridgehead atoms. The molecule has 0 unspecified atom stereocenters. The molecule has 3 aromatic rings. The highest BCUT2D eigenvalue weighted by Crippen LogP contribution is 2.27. The van der Waals surface area contributed by atoms with Gasteiger partial charge >= 0.3 is 5.97 Å². The summed E-state index contributed by atoms with van der Waals surface area (Å²) in [5.41, 5.74) is 2.35. The highest BCUT2D eigenvalue weighted by molar-refractivity contribution is 5.86. The highest BCUT2D eigenvalue weighted by atomic mass is 16.5. The molecule has 5 nitrogen and oxygen atoms in total. The van der Waals surface area contributed by atoms with E-state index in [-0.39, 0.29) is 5.76 Å². The molecule has 2 aromatic heterocycles. The quantitative estimate of drug-likeness (QED) is 0.578. The summed E-state index contributed by atoms with van der Waals surface area (Å²) in [5.74, 6) is 1.92. The summed E-state index contributed by atoms with van der Waals surface area (Å²) >= 11 is 0. The number of ether oxygens (including phenoxy) is 2. The number of hydrogen-bond acceptors (Lipinski definition) is 4. The molecule has 0 aliphatic heterocycles. The van der Waals surface area contributed by atoms with Gasteiger partial charge in [-0.1, -0.05) is 13.8 Å². The second kappa shape index (κ2) is 7.68. The van der Waals surface area contributed by atoms with Crippen LogP contribution < -0.4 is 4.74 Å². The molecule has 0 amide bonds. The summed E-state index contributed by atoms with van der Waals surface area (Å²) in [7, 11) is 1.67. The Morgan fingerprint density at radius 3 is 2.69 bits per heavy atom. The lowest BCUT2D eigenvalue weighted by Gasteiger charge is -2.11. The number of fused-ring (bicyclic) bond motifs is 1. The highest BCUT2D eigenvalue weighted by Gasteiger charge is 2.16. The Balaban J connectivity index is 1.96. The Morgan fingerprint density at radius 1 is 1.19 bits per heavy atom. The van der Waals surface area contributed by atoms with Gasteiger partial charge in [0.05, 0.1) is 20.3 Å². The molecule has 0 radical (unpaired) electrons. The van der Waals surface area contributed by atoms with Crippen molar-refractivity contribution < 1.29 is 18.7 Å². The number of aromatic nitrogens is 1. The predicted molar refractivity (Wildman–Crippen MR) is 101 cm³/mol. The topological polar surface area (TPSA) is 53.6 Å². The van der Waals surface area contributed by atoms with Gasteiger partial charge in [-0.2, -0.15) is 0 Å². The Bertz CT molecular complexity index is 904. The molecule has 0 N–H and O–H groups in total. The monoisotopic (exact) mass is 355 g/mol. The number of benzene rings is 1. The van der Waals surface area contributed by atoms with Gasteiger partial charge < -0.3 is 18.5 Å². The van der Waals surface area contributed by atoms with Crippen molar-refractivity contribution in [1.82, 2.24) is 4.57 Å². The van der Waals surface area contributed by atoms with Crippen LogP contribution in [0.3, 0.4) is 0 Å².